The minimum Gasteiger partial charge on any atom is -0.490 e. The van der Waals surface area contributed by atoms with E-state index in [1.165, 1.54) is 4.57 Å². The molecule has 164 valence electrons. The van der Waals surface area contributed by atoms with Crippen molar-refractivity contribution in [3.05, 3.63) is 56.5 Å². The molecule has 1 aliphatic rings. The molecule has 0 saturated carbocycles. The second kappa shape index (κ2) is 8.93. The Hall–Kier alpha value is -3.13. The monoisotopic (exact) mass is 423 g/mol. The second-order valence-corrected chi connectivity index (χ2v) is 7.75. The van der Waals surface area contributed by atoms with Crippen LogP contribution in [-0.4, -0.2) is 37.9 Å². The summed E-state index contributed by atoms with van der Waals surface area (Å²) in [6.45, 7) is 6.45. The molecule has 0 aliphatic carbocycles. The Morgan fingerprint density at radius 3 is 2.39 bits per heavy atom. The number of hydrogen-bond donors (Lipinski definition) is 1. The average molecular weight is 424 g/mol. The Balaban J connectivity index is 1.61. The molecule has 3 heterocycles. The van der Waals surface area contributed by atoms with Gasteiger partial charge >= 0.3 is 5.69 Å². The molecule has 31 heavy (non-hydrogen) atoms. The van der Waals surface area contributed by atoms with Gasteiger partial charge in [-0.05, 0) is 63.6 Å². The highest BCUT2D eigenvalue weighted by atomic mass is 16.5. The van der Waals surface area contributed by atoms with E-state index in [9.17, 15) is 9.59 Å². The van der Waals surface area contributed by atoms with Gasteiger partial charge in [0.25, 0.3) is 5.56 Å². The average Bonchev–Trinajstić information content (AvgIpc) is 3.11. The van der Waals surface area contributed by atoms with Crippen molar-refractivity contribution >= 4 is 23.3 Å². The maximum Gasteiger partial charge on any atom is 0.332 e. The van der Waals surface area contributed by atoms with Crippen LogP contribution in [0.4, 0.5) is 0 Å². The molecular formula is C23H29N5O3. The Labute approximate surface area is 180 Å². The summed E-state index contributed by atoms with van der Waals surface area (Å²) < 4.78 is 10.6. The van der Waals surface area contributed by atoms with Crippen molar-refractivity contribution in [1.82, 2.24) is 24.0 Å². The molecule has 1 aromatic carbocycles. The molecule has 1 N–H and O–H groups in total. The second-order valence-electron chi connectivity index (χ2n) is 7.75. The lowest BCUT2D eigenvalue weighted by molar-refractivity contribution is 0.162. The Morgan fingerprint density at radius 2 is 1.74 bits per heavy atom. The van der Waals surface area contributed by atoms with Gasteiger partial charge in [0.1, 0.15) is 17.7 Å². The molecule has 4 rings (SSSR count). The van der Waals surface area contributed by atoms with Crippen LogP contribution < -0.4 is 21.3 Å². The molecule has 8 nitrogen and oxygen atoms in total. The summed E-state index contributed by atoms with van der Waals surface area (Å²) in [6.07, 6.45) is 6.13. The zero-order valence-corrected chi connectivity index (χ0v) is 18.3. The third-order valence-electron chi connectivity index (χ3n) is 5.80. The van der Waals surface area contributed by atoms with E-state index in [1.807, 2.05) is 43.3 Å². The van der Waals surface area contributed by atoms with E-state index in [0.717, 1.165) is 37.2 Å². The minimum absolute atomic E-state index is 0.269. The summed E-state index contributed by atoms with van der Waals surface area (Å²) in [6, 6.07) is 7.96. The zero-order valence-electron chi connectivity index (χ0n) is 18.3. The van der Waals surface area contributed by atoms with E-state index < -0.39 is 0 Å². The number of hydrogen-bond acceptors (Lipinski definition) is 5. The maximum absolute atomic E-state index is 12.8. The van der Waals surface area contributed by atoms with Crippen molar-refractivity contribution in [2.75, 3.05) is 13.1 Å². The van der Waals surface area contributed by atoms with E-state index in [4.69, 9.17) is 4.74 Å². The highest BCUT2D eigenvalue weighted by Gasteiger charge is 2.18. The van der Waals surface area contributed by atoms with Gasteiger partial charge in [0, 0.05) is 20.1 Å². The summed E-state index contributed by atoms with van der Waals surface area (Å²) in [5.41, 5.74) is 1.24. The van der Waals surface area contributed by atoms with Crippen LogP contribution in [0.15, 0.2) is 33.9 Å². The van der Waals surface area contributed by atoms with E-state index >= 15 is 0 Å². The van der Waals surface area contributed by atoms with Crippen molar-refractivity contribution in [1.29, 1.82) is 0 Å². The predicted molar refractivity (Wildman–Crippen MR) is 122 cm³/mol. The van der Waals surface area contributed by atoms with Gasteiger partial charge in [0.2, 0.25) is 0 Å². The molecule has 2 aromatic heterocycles. The molecule has 0 atom stereocenters. The van der Waals surface area contributed by atoms with Gasteiger partial charge in [-0.1, -0.05) is 18.2 Å². The standard InChI is InChI=1S/C23H29N5O3/c1-4-27-21-20(22(29)28(5-2)23(27)30)26(3)19(25-21)11-8-16-6-9-17(10-7-16)31-18-12-14-24-15-13-18/h6-11,18,24H,4-5,12-15H2,1-3H3. The number of aromatic nitrogens is 4. The molecule has 1 saturated heterocycles. The van der Waals surface area contributed by atoms with Crippen molar-refractivity contribution in [3.63, 3.8) is 0 Å². The van der Waals surface area contributed by atoms with Gasteiger partial charge in [-0.15, -0.1) is 0 Å². The molecule has 0 amide bonds. The zero-order chi connectivity index (χ0) is 22.0. The normalized spacial score (nSPS) is 15.2. The number of rotatable bonds is 6. The lowest BCUT2D eigenvalue weighted by Gasteiger charge is -2.23. The van der Waals surface area contributed by atoms with Crippen LogP contribution in [-0.2, 0) is 20.1 Å². The summed E-state index contributed by atoms with van der Waals surface area (Å²) in [5.74, 6) is 1.50. The molecule has 3 aromatic rings. The van der Waals surface area contributed by atoms with Crippen molar-refractivity contribution < 1.29 is 4.74 Å². The van der Waals surface area contributed by atoms with Crippen LogP contribution in [0.3, 0.4) is 0 Å². The topological polar surface area (TPSA) is 83.1 Å². The van der Waals surface area contributed by atoms with Crippen molar-refractivity contribution in [3.8, 4) is 5.75 Å². The smallest absolute Gasteiger partial charge is 0.332 e. The van der Waals surface area contributed by atoms with Crippen LogP contribution in [0, 0.1) is 0 Å². The summed E-state index contributed by atoms with van der Waals surface area (Å²) in [5, 5.41) is 3.34. The number of aryl methyl sites for hydroxylation is 2. The fourth-order valence-electron chi connectivity index (χ4n) is 4.03. The first-order chi connectivity index (χ1) is 15.0. The molecule has 1 fully saturated rings. The Morgan fingerprint density at radius 1 is 1.06 bits per heavy atom. The lowest BCUT2D eigenvalue weighted by Crippen LogP contribution is -2.39. The highest BCUT2D eigenvalue weighted by Crippen LogP contribution is 2.19. The molecule has 8 heteroatoms. The molecule has 1 aliphatic heterocycles. The maximum atomic E-state index is 12.8. The van der Waals surface area contributed by atoms with Crippen LogP contribution in [0.5, 0.6) is 5.75 Å². The number of benzene rings is 1. The third kappa shape index (κ3) is 4.07. The van der Waals surface area contributed by atoms with Crippen LogP contribution >= 0.6 is 0 Å². The number of nitrogens with zero attached hydrogens (tertiary/aromatic N) is 4. The molecular weight excluding hydrogens is 394 g/mol. The van der Waals surface area contributed by atoms with Gasteiger partial charge < -0.3 is 14.6 Å². The summed E-state index contributed by atoms with van der Waals surface area (Å²) in [4.78, 5) is 30.0. The first-order valence-corrected chi connectivity index (χ1v) is 10.9. The SMILES string of the molecule is CCn1c(=O)c2c(nc(C=Cc3ccc(OC4CCNCC4)cc3)n2C)n(CC)c1=O. The predicted octanol–water partition coefficient (Wildman–Crippen LogP) is 2.24. The number of piperidine rings is 1. The number of ether oxygens (including phenoxy) is 1. The molecule has 0 spiro atoms. The van der Waals surface area contributed by atoms with E-state index in [-0.39, 0.29) is 17.4 Å². The molecule has 0 radical (unpaired) electrons. The van der Waals surface area contributed by atoms with Gasteiger partial charge in [0.05, 0.1) is 0 Å². The van der Waals surface area contributed by atoms with Crippen molar-refractivity contribution in [2.24, 2.45) is 7.05 Å². The minimum atomic E-state index is -0.319. The van der Waals surface area contributed by atoms with Gasteiger partial charge in [-0.3, -0.25) is 13.9 Å². The molecule has 0 bridgehead atoms. The van der Waals surface area contributed by atoms with Gasteiger partial charge in [-0.25, -0.2) is 9.78 Å². The lowest BCUT2D eigenvalue weighted by atomic mass is 10.1. The van der Waals surface area contributed by atoms with Crippen LogP contribution in [0.2, 0.25) is 0 Å². The quantitative estimate of drug-likeness (QED) is 0.658. The Kier molecular flexibility index (Phi) is 6.08. The van der Waals surface area contributed by atoms with Crippen LogP contribution in [0.1, 0.15) is 38.1 Å². The number of imidazole rings is 1. The van der Waals surface area contributed by atoms with E-state index in [0.29, 0.717) is 30.1 Å². The summed E-state index contributed by atoms with van der Waals surface area (Å²) >= 11 is 0. The van der Waals surface area contributed by atoms with E-state index in [1.54, 1.807) is 23.1 Å². The van der Waals surface area contributed by atoms with Crippen LogP contribution in [0.25, 0.3) is 23.3 Å². The number of fused-ring (bicyclic) bond motifs is 1. The van der Waals surface area contributed by atoms with Crippen molar-refractivity contribution in [2.45, 2.75) is 45.9 Å². The first kappa shape index (κ1) is 21.1. The van der Waals surface area contributed by atoms with Gasteiger partial charge in [-0.2, -0.15) is 0 Å². The van der Waals surface area contributed by atoms with E-state index in [2.05, 4.69) is 10.3 Å². The van der Waals surface area contributed by atoms with Gasteiger partial charge in [0.15, 0.2) is 11.2 Å². The third-order valence-corrected chi connectivity index (χ3v) is 5.80. The largest absolute Gasteiger partial charge is 0.490 e. The fraction of sp³-hybridized carbons (Fsp3) is 0.435. The molecule has 0 unspecified atom stereocenters. The number of nitrogens with one attached hydrogen (secondary N) is 1. The fourth-order valence-corrected chi connectivity index (χ4v) is 4.03. The summed E-state index contributed by atoms with van der Waals surface area (Å²) in [7, 11) is 1.80. The Bertz CT molecular complexity index is 1210. The highest BCUT2D eigenvalue weighted by molar-refractivity contribution is 5.76. The first-order valence-electron chi connectivity index (χ1n) is 10.9.